The van der Waals surface area contributed by atoms with Gasteiger partial charge in [-0.05, 0) is 41.8 Å². The summed E-state index contributed by atoms with van der Waals surface area (Å²) in [6.07, 6.45) is -3.52. The predicted molar refractivity (Wildman–Crippen MR) is 101 cm³/mol. The fourth-order valence-electron chi connectivity index (χ4n) is 2.38. The highest BCUT2D eigenvalue weighted by Crippen LogP contribution is 2.29. The molecular formula is C20H22F3N3O2. The van der Waals surface area contributed by atoms with E-state index < -0.39 is 11.7 Å². The van der Waals surface area contributed by atoms with Gasteiger partial charge >= 0.3 is 12.2 Å². The Morgan fingerprint density at radius 3 is 2.07 bits per heavy atom. The molecule has 2 aromatic rings. The number of benzene rings is 2. The average molecular weight is 393 g/mol. The average Bonchev–Trinajstić information content (AvgIpc) is 2.67. The van der Waals surface area contributed by atoms with Crippen molar-refractivity contribution >= 4 is 17.6 Å². The van der Waals surface area contributed by atoms with Crippen molar-refractivity contribution < 1.29 is 22.8 Å². The van der Waals surface area contributed by atoms with E-state index in [1.165, 1.54) is 12.1 Å². The van der Waals surface area contributed by atoms with Crippen LogP contribution in [-0.4, -0.2) is 18.5 Å². The van der Waals surface area contributed by atoms with Crippen LogP contribution in [0.1, 0.15) is 30.0 Å². The first-order valence-corrected chi connectivity index (χ1v) is 8.84. The standard InChI is InChI=1S/C20H22F3N3O2/c1-2-18(27)26-17-9-5-15(6-10-17)13-25-19(28)24-12-11-14-3-7-16(8-4-14)20(21,22)23/h3-10H,2,11-13H2,1H3,(H,26,27)(H2,24,25,28). The van der Waals surface area contributed by atoms with Crippen LogP contribution in [0, 0.1) is 0 Å². The van der Waals surface area contributed by atoms with Crippen LogP contribution in [0.2, 0.25) is 0 Å². The second-order valence-corrected chi connectivity index (χ2v) is 6.15. The molecule has 0 fully saturated rings. The largest absolute Gasteiger partial charge is 0.416 e. The van der Waals surface area contributed by atoms with Crippen LogP contribution in [0.5, 0.6) is 0 Å². The Morgan fingerprint density at radius 2 is 1.50 bits per heavy atom. The lowest BCUT2D eigenvalue weighted by Crippen LogP contribution is -2.36. The molecule has 2 rings (SSSR count). The van der Waals surface area contributed by atoms with E-state index in [-0.39, 0.29) is 11.9 Å². The molecule has 2 aromatic carbocycles. The molecule has 0 heterocycles. The molecular weight excluding hydrogens is 371 g/mol. The smallest absolute Gasteiger partial charge is 0.338 e. The Morgan fingerprint density at radius 1 is 0.893 bits per heavy atom. The number of halogens is 3. The number of nitrogens with one attached hydrogen (secondary N) is 3. The number of carbonyl (C=O) groups excluding carboxylic acids is 2. The van der Waals surface area contributed by atoms with E-state index in [1.54, 1.807) is 31.2 Å². The van der Waals surface area contributed by atoms with E-state index in [0.29, 0.717) is 37.2 Å². The molecule has 3 amide bonds. The SMILES string of the molecule is CCC(=O)Nc1ccc(CNC(=O)NCCc2ccc(C(F)(F)F)cc2)cc1. The zero-order valence-electron chi connectivity index (χ0n) is 15.4. The maximum Gasteiger partial charge on any atom is 0.416 e. The van der Waals surface area contributed by atoms with Gasteiger partial charge in [0.15, 0.2) is 0 Å². The van der Waals surface area contributed by atoms with Crippen LogP contribution in [0.15, 0.2) is 48.5 Å². The minimum absolute atomic E-state index is 0.0710. The summed E-state index contributed by atoms with van der Waals surface area (Å²) >= 11 is 0. The first-order chi connectivity index (χ1) is 13.3. The highest BCUT2D eigenvalue weighted by Gasteiger charge is 2.29. The normalized spacial score (nSPS) is 11.0. The number of rotatable bonds is 7. The van der Waals surface area contributed by atoms with Crippen molar-refractivity contribution in [2.75, 3.05) is 11.9 Å². The minimum Gasteiger partial charge on any atom is -0.338 e. The van der Waals surface area contributed by atoms with Crippen LogP contribution in [0.4, 0.5) is 23.7 Å². The Kier molecular flexibility index (Phi) is 7.43. The number of alkyl halides is 3. The maximum absolute atomic E-state index is 12.5. The predicted octanol–water partition coefficient (Wildman–Crippen LogP) is 4.10. The third-order valence-corrected chi connectivity index (χ3v) is 3.99. The van der Waals surface area contributed by atoms with Crippen molar-refractivity contribution in [3.8, 4) is 0 Å². The summed E-state index contributed by atoms with van der Waals surface area (Å²) in [7, 11) is 0. The molecule has 3 N–H and O–H groups in total. The van der Waals surface area contributed by atoms with Crippen molar-refractivity contribution in [2.24, 2.45) is 0 Å². The van der Waals surface area contributed by atoms with Crippen LogP contribution in [0.25, 0.3) is 0 Å². The summed E-state index contributed by atoms with van der Waals surface area (Å²) in [4.78, 5) is 23.1. The van der Waals surface area contributed by atoms with E-state index in [4.69, 9.17) is 0 Å². The Labute approximate surface area is 161 Å². The number of anilines is 1. The summed E-state index contributed by atoms with van der Waals surface area (Å²) in [5, 5.41) is 8.10. The molecule has 8 heteroatoms. The van der Waals surface area contributed by atoms with Gasteiger partial charge in [0.25, 0.3) is 0 Å². The molecule has 0 aromatic heterocycles. The molecule has 0 spiro atoms. The molecule has 0 aliphatic carbocycles. The highest BCUT2D eigenvalue weighted by atomic mass is 19.4. The van der Waals surface area contributed by atoms with Gasteiger partial charge in [-0.3, -0.25) is 4.79 Å². The van der Waals surface area contributed by atoms with Gasteiger partial charge in [0.05, 0.1) is 5.56 Å². The fourth-order valence-corrected chi connectivity index (χ4v) is 2.38. The lowest BCUT2D eigenvalue weighted by Gasteiger charge is -2.10. The summed E-state index contributed by atoms with van der Waals surface area (Å²) < 4.78 is 37.5. The van der Waals surface area contributed by atoms with Crippen molar-refractivity contribution in [2.45, 2.75) is 32.5 Å². The second kappa shape index (κ2) is 9.77. The Balaban J connectivity index is 1.70. The second-order valence-electron chi connectivity index (χ2n) is 6.15. The highest BCUT2D eigenvalue weighted by molar-refractivity contribution is 5.90. The van der Waals surface area contributed by atoms with E-state index in [1.807, 2.05) is 0 Å². The third kappa shape index (κ3) is 6.94. The molecule has 0 saturated carbocycles. The molecule has 0 unspecified atom stereocenters. The summed E-state index contributed by atoms with van der Waals surface area (Å²) in [5.74, 6) is -0.0710. The van der Waals surface area contributed by atoms with Gasteiger partial charge in [0.2, 0.25) is 5.91 Å². The minimum atomic E-state index is -4.35. The number of amides is 3. The summed E-state index contributed by atoms with van der Waals surface area (Å²) in [6.45, 7) is 2.39. The van der Waals surface area contributed by atoms with Crippen LogP contribution in [0.3, 0.4) is 0 Å². The van der Waals surface area contributed by atoms with Gasteiger partial charge in [-0.2, -0.15) is 13.2 Å². The molecule has 28 heavy (non-hydrogen) atoms. The molecule has 0 saturated heterocycles. The van der Waals surface area contributed by atoms with E-state index in [2.05, 4.69) is 16.0 Å². The molecule has 150 valence electrons. The summed E-state index contributed by atoms with van der Waals surface area (Å²) in [5.41, 5.74) is 1.57. The molecule has 0 aliphatic heterocycles. The number of urea groups is 1. The number of carbonyl (C=O) groups is 2. The maximum atomic E-state index is 12.5. The van der Waals surface area contributed by atoms with Gasteiger partial charge in [0.1, 0.15) is 0 Å². The van der Waals surface area contributed by atoms with Crippen LogP contribution >= 0.6 is 0 Å². The zero-order valence-corrected chi connectivity index (χ0v) is 15.4. The molecule has 0 radical (unpaired) electrons. The number of hydrogen-bond acceptors (Lipinski definition) is 2. The molecule has 0 bridgehead atoms. The molecule has 0 atom stereocenters. The monoisotopic (exact) mass is 393 g/mol. The van der Waals surface area contributed by atoms with Gasteiger partial charge in [-0.25, -0.2) is 4.79 Å². The van der Waals surface area contributed by atoms with Crippen molar-refractivity contribution in [3.63, 3.8) is 0 Å². The van der Waals surface area contributed by atoms with Crippen molar-refractivity contribution in [1.29, 1.82) is 0 Å². The Hall–Kier alpha value is -3.03. The van der Waals surface area contributed by atoms with Gasteiger partial charge in [0, 0.05) is 25.2 Å². The van der Waals surface area contributed by atoms with Crippen molar-refractivity contribution in [3.05, 3.63) is 65.2 Å². The van der Waals surface area contributed by atoms with Crippen molar-refractivity contribution in [1.82, 2.24) is 10.6 Å². The lowest BCUT2D eigenvalue weighted by molar-refractivity contribution is -0.137. The van der Waals surface area contributed by atoms with Crippen LogP contribution < -0.4 is 16.0 Å². The first kappa shape index (κ1) is 21.3. The topological polar surface area (TPSA) is 70.2 Å². The first-order valence-electron chi connectivity index (χ1n) is 8.84. The Bertz CT molecular complexity index is 788. The molecule has 5 nitrogen and oxygen atoms in total. The summed E-state index contributed by atoms with van der Waals surface area (Å²) in [6, 6.07) is 11.6. The third-order valence-electron chi connectivity index (χ3n) is 3.99. The van der Waals surface area contributed by atoms with E-state index >= 15 is 0 Å². The number of hydrogen-bond donors (Lipinski definition) is 3. The van der Waals surface area contributed by atoms with E-state index in [9.17, 15) is 22.8 Å². The fraction of sp³-hybridized carbons (Fsp3) is 0.300. The molecule has 0 aliphatic rings. The van der Waals surface area contributed by atoms with Gasteiger partial charge in [-0.15, -0.1) is 0 Å². The quantitative estimate of drug-likeness (QED) is 0.663. The van der Waals surface area contributed by atoms with Gasteiger partial charge < -0.3 is 16.0 Å². The van der Waals surface area contributed by atoms with Gasteiger partial charge in [-0.1, -0.05) is 31.2 Å². The van der Waals surface area contributed by atoms with Crippen LogP contribution in [-0.2, 0) is 23.9 Å². The zero-order chi connectivity index (χ0) is 20.6. The van der Waals surface area contributed by atoms with E-state index in [0.717, 1.165) is 17.7 Å². The lowest BCUT2D eigenvalue weighted by atomic mass is 10.1.